The summed E-state index contributed by atoms with van der Waals surface area (Å²) in [6.07, 6.45) is 1.41. The van der Waals surface area contributed by atoms with Crippen molar-refractivity contribution >= 4 is 74.8 Å². The number of nitrogens with zero attached hydrogens (tertiary/aromatic N) is 1. The predicted octanol–water partition coefficient (Wildman–Crippen LogP) is 5.01. The van der Waals surface area contributed by atoms with Crippen LogP contribution in [0, 0.1) is 13.0 Å². The number of carbonyl (C=O) groups excluding carboxylic acids is 3. The standard InChI is InChI=1S/C25H15FI2N2O6/c26-17-4-2-1-3-14(17)11-34-22-18(27)8-13(9-19(22)28)7-16-23(31)29-25(33)30(24(16)32)15-5-6-20-21(10-15)36-12-35-20/h1-10H,11-12H2,(H,29,31,33)/b16-7+. The van der Waals surface area contributed by atoms with Gasteiger partial charge in [0.1, 0.15) is 23.7 Å². The van der Waals surface area contributed by atoms with Gasteiger partial charge in [0.2, 0.25) is 6.79 Å². The Kier molecular flexibility index (Phi) is 6.83. The molecule has 0 spiro atoms. The van der Waals surface area contributed by atoms with E-state index in [4.69, 9.17) is 14.2 Å². The maximum Gasteiger partial charge on any atom is 0.335 e. The second-order valence-corrected chi connectivity index (χ2v) is 10.0. The number of hydrogen-bond acceptors (Lipinski definition) is 6. The van der Waals surface area contributed by atoms with E-state index in [2.05, 4.69) is 50.5 Å². The van der Waals surface area contributed by atoms with Crippen LogP contribution in [0.2, 0.25) is 0 Å². The quantitative estimate of drug-likeness (QED) is 0.227. The highest BCUT2D eigenvalue weighted by atomic mass is 127. The molecular weight excluding hydrogens is 697 g/mol. The first-order valence-electron chi connectivity index (χ1n) is 10.5. The topological polar surface area (TPSA) is 94.2 Å². The van der Waals surface area contributed by atoms with Crippen LogP contribution in [0.1, 0.15) is 11.1 Å². The van der Waals surface area contributed by atoms with Crippen LogP contribution in [-0.2, 0) is 16.2 Å². The van der Waals surface area contributed by atoms with Crippen molar-refractivity contribution in [3.63, 3.8) is 0 Å². The molecule has 2 aliphatic rings. The number of ether oxygens (including phenoxy) is 3. The van der Waals surface area contributed by atoms with E-state index in [1.54, 1.807) is 36.4 Å². The fourth-order valence-electron chi connectivity index (χ4n) is 3.65. The number of halogens is 3. The fraction of sp³-hybridized carbons (Fsp3) is 0.0800. The molecule has 5 rings (SSSR count). The Balaban J connectivity index is 1.42. The number of amides is 4. The van der Waals surface area contributed by atoms with Gasteiger partial charge in [-0.05, 0) is 87.2 Å². The van der Waals surface area contributed by atoms with E-state index in [9.17, 15) is 18.8 Å². The molecule has 2 aliphatic heterocycles. The SMILES string of the molecule is O=C1NC(=O)N(c2ccc3c(c2)OCO3)C(=O)/C1=C/c1cc(I)c(OCc2ccccc2F)c(I)c1. The number of fused-ring (bicyclic) bond motifs is 1. The molecule has 0 radical (unpaired) electrons. The molecule has 0 aromatic heterocycles. The van der Waals surface area contributed by atoms with Crippen LogP contribution in [0.5, 0.6) is 17.2 Å². The molecule has 2 heterocycles. The highest BCUT2D eigenvalue weighted by molar-refractivity contribution is 14.1. The number of hydrogen-bond donors (Lipinski definition) is 1. The first-order valence-corrected chi connectivity index (χ1v) is 12.6. The van der Waals surface area contributed by atoms with Gasteiger partial charge >= 0.3 is 6.03 Å². The summed E-state index contributed by atoms with van der Waals surface area (Å²) in [6, 6.07) is 13.6. The van der Waals surface area contributed by atoms with Gasteiger partial charge in [-0.25, -0.2) is 14.1 Å². The molecule has 0 saturated carbocycles. The van der Waals surface area contributed by atoms with Crippen molar-refractivity contribution in [1.82, 2.24) is 5.32 Å². The van der Waals surface area contributed by atoms with Crippen LogP contribution in [0.15, 0.2) is 60.2 Å². The molecule has 1 saturated heterocycles. The fourth-order valence-corrected chi connectivity index (χ4v) is 5.78. The number of imide groups is 2. The highest BCUT2D eigenvalue weighted by Crippen LogP contribution is 2.37. The number of barbiturate groups is 1. The Hall–Kier alpha value is -3.20. The number of urea groups is 1. The summed E-state index contributed by atoms with van der Waals surface area (Å²) in [5.41, 5.74) is 1.01. The first-order chi connectivity index (χ1) is 17.3. The van der Waals surface area contributed by atoms with E-state index < -0.39 is 17.8 Å². The van der Waals surface area contributed by atoms with Gasteiger partial charge in [-0.1, -0.05) is 18.2 Å². The Labute approximate surface area is 231 Å². The Morgan fingerprint density at radius 3 is 2.47 bits per heavy atom. The maximum absolute atomic E-state index is 13.9. The molecule has 0 aliphatic carbocycles. The third-order valence-electron chi connectivity index (χ3n) is 5.38. The van der Waals surface area contributed by atoms with Crippen molar-refractivity contribution in [2.75, 3.05) is 11.7 Å². The molecule has 3 aromatic rings. The molecule has 182 valence electrons. The van der Waals surface area contributed by atoms with E-state index in [0.29, 0.717) is 35.5 Å². The molecule has 8 nitrogen and oxygen atoms in total. The summed E-state index contributed by atoms with van der Waals surface area (Å²) in [5, 5.41) is 2.20. The van der Waals surface area contributed by atoms with E-state index in [-0.39, 0.29) is 30.5 Å². The van der Waals surface area contributed by atoms with E-state index >= 15 is 0 Å². The second kappa shape index (κ2) is 10.0. The number of carbonyl (C=O) groups is 3. The van der Waals surface area contributed by atoms with Crippen molar-refractivity contribution in [3.8, 4) is 17.2 Å². The summed E-state index contributed by atoms with van der Waals surface area (Å²) in [5.74, 6) is -0.479. The predicted molar refractivity (Wildman–Crippen MR) is 144 cm³/mol. The molecule has 3 aromatic carbocycles. The lowest BCUT2D eigenvalue weighted by atomic mass is 10.1. The van der Waals surface area contributed by atoms with Gasteiger partial charge < -0.3 is 14.2 Å². The Morgan fingerprint density at radius 2 is 1.72 bits per heavy atom. The van der Waals surface area contributed by atoms with E-state index in [1.165, 1.54) is 24.3 Å². The molecular formula is C25H15FI2N2O6. The molecule has 0 unspecified atom stereocenters. The third-order valence-corrected chi connectivity index (χ3v) is 6.98. The van der Waals surface area contributed by atoms with Crippen LogP contribution in [0.3, 0.4) is 0 Å². The molecule has 1 N–H and O–H groups in total. The van der Waals surface area contributed by atoms with E-state index in [1.807, 2.05) is 0 Å². The van der Waals surface area contributed by atoms with E-state index in [0.717, 1.165) is 4.90 Å². The summed E-state index contributed by atoms with van der Waals surface area (Å²) in [6.45, 7) is 0.0897. The summed E-state index contributed by atoms with van der Waals surface area (Å²) in [7, 11) is 0. The Bertz CT molecular complexity index is 1440. The lowest BCUT2D eigenvalue weighted by Gasteiger charge is -2.26. The minimum absolute atomic E-state index is 0.0415. The molecule has 36 heavy (non-hydrogen) atoms. The van der Waals surface area contributed by atoms with Gasteiger partial charge in [0.05, 0.1) is 12.8 Å². The van der Waals surface area contributed by atoms with Crippen LogP contribution in [-0.4, -0.2) is 24.6 Å². The normalized spacial score (nSPS) is 15.9. The van der Waals surface area contributed by atoms with Gasteiger partial charge in [-0.2, -0.15) is 0 Å². The monoisotopic (exact) mass is 712 g/mol. The Morgan fingerprint density at radius 1 is 1.00 bits per heavy atom. The number of nitrogens with one attached hydrogen (secondary N) is 1. The van der Waals surface area contributed by atoms with Crippen molar-refractivity contribution < 1.29 is 33.0 Å². The molecule has 4 amide bonds. The maximum atomic E-state index is 13.9. The first kappa shape index (κ1) is 24.5. The largest absolute Gasteiger partial charge is 0.487 e. The van der Waals surface area contributed by atoms with Crippen LogP contribution >= 0.6 is 45.2 Å². The van der Waals surface area contributed by atoms with Crippen molar-refractivity contribution in [1.29, 1.82) is 0 Å². The number of rotatable bonds is 5. The van der Waals surface area contributed by atoms with Gasteiger partial charge in [0, 0.05) is 11.6 Å². The van der Waals surface area contributed by atoms with Crippen LogP contribution < -0.4 is 24.4 Å². The van der Waals surface area contributed by atoms with Crippen molar-refractivity contribution in [2.45, 2.75) is 6.61 Å². The van der Waals surface area contributed by atoms with Gasteiger partial charge in [0.15, 0.2) is 11.5 Å². The summed E-state index contributed by atoms with van der Waals surface area (Å²) < 4.78 is 31.8. The zero-order valence-electron chi connectivity index (χ0n) is 18.2. The molecule has 0 atom stereocenters. The summed E-state index contributed by atoms with van der Waals surface area (Å²) in [4.78, 5) is 39.2. The molecule has 0 bridgehead atoms. The highest BCUT2D eigenvalue weighted by Gasteiger charge is 2.37. The third kappa shape index (κ3) is 4.76. The lowest BCUT2D eigenvalue weighted by molar-refractivity contribution is -0.122. The van der Waals surface area contributed by atoms with Crippen molar-refractivity contribution in [2.24, 2.45) is 0 Å². The van der Waals surface area contributed by atoms with Gasteiger partial charge in [0.25, 0.3) is 11.8 Å². The number of anilines is 1. The molecule has 11 heteroatoms. The van der Waals surface area contributed by atoms with Gasteiger partial charge in [-0.3, -0.25) is 14.9 Å². The van der Waals surface area contributed by atoms with Crippen LogP contribution in [0.25, 0.3) is 6.08 Å². The minimum atomic E-state index is -0.859. The average Bonchev–Trinajstić information content (AvgIpc) is 3.30. The van der Waals surface area contributed by atoms with Gasteiger partial charge in [-0.15, -0.1) is 0 Å². The summed E-state index contributed by atoms with van der Waals surface area (Å²) >= 11 is 4.15. The van der Waals surface area contributed by atoms with Crippen LogP contribution in [0.4, 0.5) is 14.9 Å². The zero-order chi connectivity index (χ0) is 25.4. The zero-order valence-corrected chi connectivity index (χ0v) is 22.5. The average molecular weight is 712 g/mol. The minimum Gasteiger partial charge on any atom is -0.487 e. The molecule has 1 fully saturated rings. The smallest absolute Gasteiger partial charge is 0.335 e. The lowest BCUT2D eigenvalue weighted by Crippen LogP contribution is -2.54. The van der Waals surface area contributed by atoms with Crippen molar-refractivity contribution in [3.05, 3.63) is 84.3 Å². The number of benzene rings is 3. The second-order valence-electron chi connectivity index (χ2n) is 7.69.